The lowest BCUT2D eigenvalue weighted by molar-refractivity contribution is -0.131. The molecule has 188 valence electrons. The minimum Gasteiger partial charge on any atom is -0.494 e. The fraction of sp³-hybridized carbons (Fsp3) is 0.696. The summed E-state index contributed by atoms with van der Waals surface area (Å²) < 4.78 is 2.27. The summed E-state index contributed by atoms with van der Waals surface area (Å²) in [6.45, 7) is 8.64. The van der Waals surface area contributed by atoms with Gasteiger partial charge in [0.15, 0.2) is 0 Å². The van der Waals surface area contributed by atoms with E-state index >= 15 is 0 Å². The van der Waals surface area contributed by atoms with Crippen molar-refractivity contribution in [3.05, 3.63) is 26.4 Å². The van der Waals surface area contributed by atoms with Crippen LogP contribution in [0, 0.1) is 16.2 Å². The monoisotopic (exact) mass is 476 g/mol. The van der Waals surface area contributed by atoms with E-state index in [4.69, 9.17) is 11.1 Å². The van der Waals surface area contributed by atoms with E-state index in [2.05, 4.69) is 12.2 Å². The van der Waals surface area contributed by atoms with Crippen LogP contribution in [0.25, 0.3) is 0 Å². The molecule has 5 N–H and O–H groups in total. The van der Waals surface area contributed by atoms with Crippen LogP contribution in [0.15, 0.2) is 9.59 Å². The summed E-state index contributed by atoms with van der Waals surface area (Å²) >= 11 is 0. The number of amidine groups is 1. The van der Waals surface area contributed by atoms with Crippen molar-refractivity contribution in [2.24, 2.45) is 16.6 Å². The van der Waals surface area contributed by atoms with Gasteiger partial charge in [0.25, 0.3) is 5.56 Å². The van der Waals surface area contributed by atoms with Crippen molar-refractivity contribution in [3.8, 4) is 5.88 Å². The van der Waals surface area contributed by atoms with E-state index in [1.807, 2.05) is 6.92 Å². The number of hydrogen-bond acceptors (Lipinski definition) is 6. The van der Waals surface area contributed by atoms with Gasteiger partial charge in [-0.25, -0.2) is 9.59 Å². The SMILES string of the molecule is CCCCn1c(O)c(C(=N)N)c(=O)n(C2CCC(C)(CN3CC(C)(C)C(=O)NC3=O)CC2)c1=O. The summed E-state index contributed by atoms with van der Waals surface area (Å²) in [5, 5.41) is 20.7. The Morgan fingerprint density at radius 3 is 2.35 bits per heavy atom. The van der Waals surface area contributed by atoms with Crippen LogP contribution in [0.1, 0.15) is 77.8 Å². The van der Waals surface area contributed by atoms with Crippen LogP contribution in [-0.2, 0) is 11.3 Å². The maximum Gasteiger partial charge on any atom is 0.334 e. The van der Waals surface area contributed by atoms with Gasteiger partial charge in [0.2, 0.25) is 11.8 Å². The molecule has 2 fully saturated rings. The van der Waals surface area contributed by atoms with E-state index in [0.717, 1.165) is 15.6 Å². The molecule has 2 heterocycles. The number of unbranched alkanes of at least 4 members (excludes halogenated alkanes) is 1. The fourth-order valence-electron chi connectivity index (χ4n) is 5.00. The molecule has 0 radical (unpaired) electrons. The molecule has 0 aromatic carbocycles. The molecule has 1 aromatic rings. The first-order chi connectivity index (χ1) is 15.8. The third kappa shape index (κ3) is 4.74. The number of imide groups is 1. The number of hydrogen-bond donors (Lipinski definition) is 4. The Bertz CT molecular complexity index is 1110. The highest BCUT2D eigenvalue weighted by Gasteiger charge is 2.42. The van der Waals surface area contributed by atoms with Gasteiger partial charge >= 0.3 is 11.7 Å². The van der Waals surface area contributed by atoms with Gasteiger partial charge in [0.05, 0.1) is 5.41 Å². The molecule has 1 saturated heterocycles. The van der Waals surface area contributed by atoms with Crippen LogP contribution in [0.2, 0.25) is 0 Å². The topological polar surface area (TPSA) is 164 Å². The predicted octanol–water partition coefficient (Wildman–Crippen LogP) is 1.50. The van der Waals surface area contributed by atoms with Gasteiger partial charge in [-0.1, -0.05) is 20.3 Å². The van der Waals surface area contributed by atoms with Crippen LogP contribution < -0.4 is 22.3 Å². The number of nitrogens with two attached hydrogens (primary N) is 1. The second-order valence-corrected chi connectivity index (χ2v) is 10.6. The zero-order valence-electron chi connectivity index (χ0n) is 20.4. The summed E-state index contributed by atoms with van der Waals surface area (Å²) in [6.07, 6.45) is 3.79. The number of amides is 3. The zero-order valence-corrected chi connectivity index (χ0v) is 20.4. The molecule has 34 heavy (non-hydrogen) atoms. The third-order valence-corrected chi connectivity index (χ3v) is 7.16. The van der Waals surface area contributed by atoms with Crippen molar-refractivity contribution in [2.75, 3.05) is 13.1 Å². The van der Waals surface area contributed by atoms with Gasteiger partial charge in [-0.3, -0.25) is 29.4 Å². The van der Waals surface area contributed by atoms with E-state index in [0.29, 0.717) is 45.2 Å². The second kappa shape index (κ2) is 9.27. The number of urea groups is 1. The van der Waals surface area contributed by atoms with Crippen molar-refractivity contribution >= 4 is 17.8 Å². The van der Waals surface area contributed by atoms with Gasteiger partial charge in [0.1, 0.15) is 11.4 Å². The lowest BCUT2D eigenvalue weighted by atomic mass is 9.73. The molecule has 0 bridgehead atoms. The number of aromatic hydroxyl groups is 1. The highest BCUT2D eigenvalue weighted by molar-refractivity contribution is 5.99. The van der Waals surface area contributed by atoms with Gasteiger partial charge in [-0.2, -0.15) is 0 Å². The van der Waals surface area contributed by atoms with Gasteiger partial charge in [-0.05, 0) is 51.4 Å². The molecule has 2 aliphatic rings. The Kier molecular flexibility index (Phi) is 6.95. The molecular formula is C23H36N6O5. The Labute approximate surface area is 198 Å². The average Bonchev–Trinajstić information content (AvgIpc) is 2.73. The lowest BCUT2D eigenvalue weighted by Crippen LogP contribution is -2.60. The first-order valence-corrected chi connectivity index (χ1v) is 11.8. The average molecular weight is 477 g/mol. The molecular weight excluding hydrogens is 440 g/mol. The number of rotatable bonds is 7. The standard InChI is InChI=1S/C23H36N6O5/c1-5-6-11-28-17(30)15(16(24)25)18(31)29(21(28)34)14-7-9-23(4,10-8-14)13-27-12-22(2,3)19(32)26-20(27)33/h14,30H,5-13H2,1-4H3,(H3,24,25)(H,26,32,33). The van der Waals surface area contributed by atoms with Gasteiger partial charge in [-0.15, -0.1) is 0 Å². The normalized spacial score (nSPS) is 24.7. The van der Waals surface area contributed by atoms with Crippen LogP contribution >= 0.6 is 0 Å². The number of aromatic nitrogens is 2. The Hall–Kier alpha value is -3.11. The van der Waals surface area contributed by atoms with E-state index in [9.17, 15) is 24.3 Å². The summed E-state index contributed by atoms with van der Waals surface area (Å²) in [5.41, 5.74) is 2.98. The van der Waals surface area contributed by atoms with Gasteiger partial charge < -0.3 is 15.7 Å². The Morgan fingerprint density at radius 2 is 1.79 bits per heavy atom. The smallest absolute Gasteiger partial charge is 0.334 e. The molecule has 1 aliphatic carbocycles. The van der Waals surface area contributed by atoms with Crippen LogP contribution in [0.5, 0.6) is 5.88 Å². The zero-order chi connectivity index (χ0) is 25.4. The van der Waals surface area contributed by atoms with Crippen molar-refractivity contribution in [3.63, 3.8) is 0 Å². The highest BCUT2D eigenvalue weighted by Crippen LogP contribution is 2.41. The highest BCUT2D eigenvalue weighted by atomic mass is 16.3. The van der Waals surface area contributed by atoms with E-state index in [1.54, 1.807) is 18.7 Å². The van der Waals surface area contributed by atoms with Crippen molar-refractivity contribution in [1.29, 1.82) is 5.41 Å². The maximum absolute atomic E-state index is 13.2. The maximum atomic E-state index is 13.2. The number of nitrogens with one attached hydrogen (secondary N) is 2. The Balaban J connectivity index is 1.84. The summed E-state index contributed by atoms with van der Waals surface area (Å²) in [5.74, 6) is -1.41. The second-order valence-electron chi connectivity index (χ2n) is 10.6. The molecule has 0 spiro atoms. The summed E-state index contributed by atoms with van der Waals surface area (Å²) in [4.78, 5) is 52.3. The molecule has 3 amide bonds. The molecule has 0 unspecified atom stereocenters. The molecule has 0 atom stereocenters. The fourth-order valence-corrected chi connectivity index (χ4v) is 5.00. The predicted molar refractivity (Wildman–Crippen MR) is 127 cm³/mol. The van der Waals surface area contributed by atoms with Crippen molar-refractivity contribution < 1.29 is 14.7 Å². The first-order valence-electron chi connectivity index (χ1n) is 11.8. The van der Waals surface area contributed by atoms with Gasteiger partial charge in [0, 0.05) is 25.7 Å². The molecule has 11 heteroatoms. The number of nitrogens with zero attached hydrogens (tertiary/aromatic N) is 3. The van der Waals surface area contributed by atoms with Crippen LogP contribution in [0.4, 0.5) is 4.79 Å². The number of carbonyl (C=O) groups excluding carboxylic acids is 2. The van der Waals surface area contributed by atoms with Crippen molar-refractivity contribution in [1.82, 2.24) is 19.4 Å². The quantitative estimate of drug-likeness (QED) is 0.344. The molecule has 11 nitrogen and oxygen atoms in total. The molecule has 3 rings (SSSR count). The minimum absolute atomic E-state index is 0.227. The van der Waals surface area contributed by atoms with Crippen molar-refractivity contribution in [2.45, 2.75) is 78.8 Å². The first kappa shape index (κ1) is 25.5. The minimum atomic E-state index is -0.743. The van der Waals surface area contributed by atoms with Crippen LogP contribution in [-0.4, -0.2) is 50.0 Å². The van der Waals surface area contributed by atoms with E-state index in [-0.39, 0.29) is 23.4 Å². The molecule has 1 aromatic heterocycles. The van der Waals surface area contributed by atoms with E-state index in [1.165, 1.54) is 0 Å². The molecule has 1 saturated carbocycles. The van der Waals surface area contributed by atoms with Crippen LogP contribution in [0.3, 0.4) is 0 Å². The van der Waals surface area contributed by atoms with E-state index < -0.39 is 40.5 Å². The third-order valence-electron chi connectivity index (χ3n) is 7.16. The summed E-state index contributed by atoms with van der Waals surface area (Å²) in [7, 11) is 0. The Morgan fingerprint density at radius 1 is 1.18 bits per heavy atom. The lowest BCUT2D eigenvalue weighted by Gasteiger charge is -2.44. The number of nitrogen functional groups attached to an aromatic ring is 1. The number of carbonyl (C=O) groups is 2. The molecule has 1 aliphatic heterocycles. The largest absolute Gasteiger partial charge is 0.494 e. The summed E-state index contributed by atoms with van der Waals surface area (Å²) in [6, 6.07) is -0.791.